The van der Waals surface area contributed by atoms with Crippen molar-refractivity contribution in [3.63, 3.8) is 0 Å². The van der Waals surface area contributed by atoms with Gasteiger partial charge in [0, 0.05) is 19.2 Å². The molecule has 0 radical (unpaired) electrons. The highest BCUT2D eigenvalue weighted by molar-refractivity contribution is 5.62. The summed E-state index contributed by atoms with van der Waals surface area (Å²) in [5.41, 5.74) is 0.0348. The molecule has 2 heterocycles. The van der Waals surface area contributed by atoms with Crippen LogP contribution in [-0.2, 0) is 4.74 Å². The van der Waals surface area contributed by atoms with E-state index >= 15 is 0 Å². The molecule has 1 saturated heterocycles. The van der Waals surface area contributed by atoms with Crippen LogP contribution < -0.4 is 10.2 Å². The summed E-state index contributed by atoms with van der Waals surface area (Å²) in [4.78, 5) is 17.2. The Hall–Kier alpha value is -1.89. The SMILES string of the molecule is CCNc1ccc([N+](=O)[O-])c(N2CC(C)OCC2C)n1. The van der Waals surface area contributed by atoms with E-state index < -0.39 is 0 Å². The van der Waals surface area contributed by atoms with Gasteiger partial charge in [0.05, 0.1) is 23.7 Å². The van der Waals surface area contributed by atoms with Crippen molar-refractivity contribution < 1.29 is 9.66 Å². The standard InChI is InChI=1S/C13H20N4O3/c1-4-14-12-6-5-11(17(18)19)13(15-12)16-7-10(3)20-8-9(16)2/h5-6,9-10H,4,7-8H2,1-3H3,(H,14,15). The smallest absolute Gasteiger partial charge is 0.311 e. The van der Waals surface area contributed by atoms with Gasteiger partial charge in [0.15, 0.2) is 0 Å². The van der Waals surface area contributed by atoms with E-state index in [1.807, 2.05) is 25.7 Å². The third-order valence-corrected chi connectivity index (χ3v) is 3.29. The van der Waals surface area contributed by atoms with Crippen molar-refractivity contribution >= 4 is 17.3 Å². The fourth-order valence-electron chi connectivity index (χ4n) is 2.27. The third kappa shape index (κ3) is 2.98. The average molecular weight is 280 g/mol. The van der Waals surface area contributed by atoms with E-state index in [0.717, 1.165) is 6.54 Å². The van der Waals surface area contributed by atoms with Gasteiger partial charge in [-0.2, -0.15) is 0 Å². The molecule has 7 nitrogen and oxygen atoms in total. The lowest BCUT2D eigenvalue weighted by atomic mass is 10.2. The van der Waals surface area contributed by atoms with Crippen molar-refractivity contribution in [2.45, 2.75) is 32.9 Å². The van der Waals surface area contributed by atoms with Crippen LogP contribution in [-0.4, -0.2) is 41.7 Å². The number of nitro groups is 1. The Kier molecular flexibility index (Phi) is 4.39. The lowest BCUT2D eigenvalue weighted by molar-refractivity contribution is -0.384. The molecule has 1 fully saturated rings. The molecule has 2 atom stereocenters. The number of morpholine rings is 1. The molecule has 1 aliphatic heterocycles. The van der Waals surface area contributed by atoms with Crippen molar-refractivity contribution in [2.24, 2.45) is 0 Å². The van der Waals surface area contributed by atoms with Gasteiger partial charge in [-0.15, -0.1) is 0 Å². The fourth-order valence-corrected chi connectivity index (χ4v) is 2.27. The van der Waals surface area contributed by atoms with E-state index in [-0.39, 0.29) is 22.8 Å². The molecular weight excluding hydrogens is 260 g/mol. The zero-order chi connectivity index (χ0) is 14.7. The Bertz CT molecular complexity index is 495. The minimum absolute atomic E-state index is 0.0348. The molecule has 1 aliphatic rings. The molecule has 110 valence electrons. The second-order valence-electron chi connectivity index (χ2n) is 4.97. The minimum atomic E-state index is -0.384. The number of hydrogen-bond acceptors (Lipinski definition) is 6. The molecule has 0 bridgehead atoms. The second-order valence-corrected chi connectivity index (χ2v) is 4.97. The maximum atomic E-state index is 11.2. The van der Waals surface area contributed by atoms with E-state index in [9.17, 15) is 10.1 Å². The first-order valence-corrected chi connectivity index (χ1v) is 6.80. The second kappa shape index (κ2) is 6.04. The summed E-state index contributed by atoms with van der Waals surface area (Å²) in [5, 5.41) is 14.3. The summed E-state index contributed by atoms with van der Waals surface area (Å²) in [6.07, 6.45) is 0.0374. The Labute approximate surface area is 118 Å². The maximum Gasteiger partial charge on any atom is 0.311 e. The fraction of sp³-hybridized carbons (Fsp3) is 0.615. The molecule has 1 aromatic heterocycles. The molecule has 2 unspecified atom stereocenters. The van der Waals surface area contributed by atoms with Crippen molar-refractivity contribution in [3.05, 3.63) is 22.2 Å². The van der Waals surface area contributed by atoms with Crippen molar-refractivity contribution in [1.82, 2.24) is 4.98 Å². The highest BCUT2D eigenvalue weighted by atomic mass is 16.6. The van der Waals surface area contributed by atoms with Gasteiger partial charge in [0.1, 0.15) is 5.82 Å². The predicted octanol–water partition coefficient (Wildman–Crippen LogP) is 2.04. The van der Waals surface area contributed by atoms with E-state index in [2.05, 4.69) is 10.3 Å². The molecule has 2 rings (SSSR count). The molecule has 0 aromatic carbocycles. The summed E-state index contributed by atoms with van der Waals surface area (Å²) >= 11 is 0. The van der Waals surface area contributed by atoms with Crippen LogP contribution in [0.3, 0.4) is 0 Å². The number of ether oxygens (including phenoxy) is 1. The topological polar surface area (TPSA) is 80.5 Å². The molecule has 0 amide bonds. The van der Waals surface area contributed by atoms with Crippen LogP contribution in [0.1, 0.15) is 20.8 Å². The molecule has 1 aromatic rings. The van der Waals surface area contributed by atoms with E-state index in [4.69, 9.17) is 4.74 Å². The van der Waals surface area contributed by atoms with Gasteiger partial charge in [-0.3, -0.25) is 10.1 Å². The molecule has 0 saturated carbocycles. The first-order valence-electron chi connectivity index (χ1n) is 6.80. The number of pyridine rings is 1. The zero-order valence-electron chi connectivity index (χ0n) is 12.0. The number of rotatable bonds is 4. The Morgan fingerprint density at radius 3 is 2.95 bits per heavy atom. The number of nitrogens with zero attached hydrogens (tertiary/aromatic N) is 3. The molecule has 0 spiro atoms. The van der Waals surface area contributed by atoms with Crippen LogP contribution in [0.4, 0.5) is 17.3 Å². The third-order valence-electron chi connectivity index (χ3n) is 3.29. The normalized spacial score (nSPS) is 22.6. The maximum absolute atomic E-state index is 11.2. The van der Waals surface area contributed by atoms with Crippen LogP contribution >= 0.6 is 0 Å². The van der Waals surface area contributed by atoms with Gasteiger partial charge in [-0.25, -0.2) is 4.98 Å². The van der Waals surface area contributed by atoms with Crippen LogP contribution in [0.15, 0.2) is 12.1 Å². The number of aromatic nitrogens is 1. The van der Waals surface area contributed by atoms with Crippen molar-refractivity contribution in [2.75, 3.05) is 29.9 Å². The number of anilines is 2. The van der Waals surface area contributed by atoms with Gasteiger partial charge in [0.25, 0.3) is 0 Å². The van der Waals surface area contributed by atoms with E-state index in [0.29, 0.717) is 24.8 Å². The summed E-state index contributed by atoms with van der Waals surface area (Å²) in [5.74, 6) is 1.07. The van der Waals surface area contributed by atoms with Gasteiger partial charge in [-0.05, 0) is 26.8 Å². The predicted molar refractivity (Wildman–Crippen MR) is 77.3 cm³/mol. The lowest BCUT2D eigenvalue weighted by Gasteiger charge is -2.37. The molecule has 20 heavy (non-hydrogen) atoms. The molecular formula is C13H20N4O3. The van der Waals surface area contributed by atoms with Crippen LogP contribution in [0.5, 0.6) is 0 Å². The largest absolute Gasteiger partial charge is 0.375 e. The van der Waals surface area contributed by atoms with Gasteiger partial charge in [0.2, 0.25) is 5.82 Å². The van der Waals surface area contributed by atoms with E-state index in [1.54, 1.807) is 6.07 Å². The Balaban J connectivity index is 2.40. The van der Waals surface area contributed by atoms with Crippen molar-refractivity contribution in [3.8, 4) is 0 Å². The quantitative estimate of drug-likeness (QED) is 0.671. The van der Waals surface area contributed by atoms with Crippen LogP contribution in [0.2, 0.25) is 0 Å². The highest BCUT2D eigenvalue weighted by Crippen LogP contribution is 2.30. The summed E-state index contributed by atoms with van der Waals surface area (Å²) < 4.78 is 5.56. The monoisotopic (exact) mass is 280 g/mol. The summed E-state index contributed by atoms with van der Waals surface area (Å²) in [7, 11) is 0. The Morgan fingerprint density at radius 1 is 1.55 bits per heavy atom. The summed E-state index contributed by atoms with van der Waals surface area (Å²) in [6.45, 7) is 7.77. The minimum Gasteiger partial charge on any atom is -0.375 e. The molecule has 1 N–H and O–H groups in total. The Morgan fingerprint density at radius 2 is 2.30 bits per heavy atom. The first-order chi connectivity index (χ1) is 9.52. The van der Waals surface area contributed by atoms with Crippen LogP contribution in [0.25, 0.3) is 0 Å². The lowest BCUT2D eigenvalue weighted by Crippen LogP contribution is -2.48. The van der Waals surface area contributed by atoms with Crippen molar-refractivity contribution in [1.29, 1.82) is 0 Å². The number of hydrogen-bond donors (Lipinski definition) is 1. The average Bonchev–Trinajstić information content (AvgIpc) is 2.41. The van der Waals surface area contributed by atoms with Gasteiger partial charge < -0.3 is 15.0 Å². The highest BCUT2D eigenvalue weighted by Gasteiger charge is 2.30. The first kappa shape index (κ1) is 14.5. The summed E-state index contributed by atoms with van der Waals surface area (Å²) in [6, 6.07) is 3.21. The molecule has 0 aliphatic carbocycles. The van der Waals surface area contributed by atoms with Gasteiger partial charge >= 0.3 is 5.69 Å². The van der Waals surface area contributed by atoms with Crippen LogP contribution in [0, 0.1) is 10.1 Å². The van der Waals surface area contributed by atoms with Gasteiger partial charge in [-0.1, -0.05) is 0 Å². The zero-order valence-corrected chi connectivity index (χ0v) is 12.0. The van der Waals surface area contributed by atoms with E-state index in [1.165, 1.54) is 6.07 Å². The number of nitrogens with one attached hydrogen (secondary N) is 1. The molecule has 7 heteroatoms.